The van der Waals surface area contributed by atoms with Crippen molar-refractivity contribution in [3.63, 3.8) is 0 Å². The highest BCUT2D eigenvalue weighted by molar-refractivity contribution is 6.39. The minimum absolute atomic E-state index is 0.0115. The van der Waals surface area contributed by atoms with E-state index in [1.807, 2.05) is 38.4 Å². The molecule has 0 fully saturated rings. The lowest BCUT2D eigenvalue weighted by Crippen LogP contribution is -2.34. The van der Waals surface area contributed by atoms with Gasteiger partial charge in [-0.05, 0) is 50.0 Å². The van der Waals surface area contributed by atoms with Crippen LogP contribution in [-0.4, -0.2) is 43.5 Å². The minimum atomic E-state index is -0.257. The third-order valence-corrected chi connectivity index (χ3v) is 5.13. The maximum atomic E-state index is 12.7. The number of ether oxygens (including phenoxy) is 1. The number of methoxy groups -OCH3 is 1. The Morgan fingerprint density at radius 2 is 1.89 bits per heavy atom. The van der Waals surface area contributed by atoms with Gasteiger partial charge in [0.2, 0.25) is 0 Å². The standard InChI is InChI=1S/C20H21Cl2N3O2/c1-25(2)17(12-4-7-14(27-3)8-5-12)11-23-20(26)19-18(22)15-10-13(21)6-9-16(15)24-19/h4-10,17,24H,11H2,1-3H3,(H,23,26). The predicted molar refractivity (Wildman–Crippen MR) is 110 cm³/mol. The molecular weight excluding hydrogens is 385 g/mol. The molecule has 0 aliphatic rings. The Morgan fingerprint density at radius 1 is 1.19 bits per heavy atom. The number of halogens is 2. The molecule has 3 aromatic rings. The molecule has 0 saturated carbocycles. The molecule has 2 N–H and O–H groups in total. The Labute approximate surface area is 168 Å². The van der Waals surface area contributed by atoms with Gasteiger partial charge in [-0.2, -0.15) is 0 Å². The van der Waals surface area contributed by atoms with Crippen molar-refractivity contribution < 1.29 is 9.53 Å². The third kappa shape index (κ3) is 4.21. The van der Waals surface area contributed by atoms with Crippen LogP contribution in [0, 0.1) is 0 Å². The minimum Gasteiger partial charge on any atom is -0.497 e. The summed E-state index contributed by atoms with van der Waals surface area (Å²) in [6, 6.07) is 13.1. The van der Waals surface area contributed by atoms with Crippen LogP contribution in [0.4, 0.5) is 0 Å². The summed E-state index contributed by atoms with van der Waals surface area (Å²) < 4.78 is 5.20. The number of aromatic amines is 1. The van der Waals surface area contributed by atoms with Crippen LogP contribution < -0.4 is 10.1 Å². The highest BCUT2D eigenvalue weighted by Crippen LogP contribution is 2.30. The lowest BCUT2D eigenvalue weighted by atomic mass is 10.1. The number of aromatic nitrogens is 1. The summed E-state index contributed by atoms with van der Waals surface area (Å²) in [6.45, 7) is 0.435. The molecule has 1 amide bonds. The number of nitrogens with one attached hydrogen (secondary N) is 2. The molecule has 1 atom stereocenters. The van der Waals surface area contributed by atoms with Crippen LogP contribution in [0.15, 0.2) is 42.5 Å². The number of likely N-dealkylation sites (N-methyl/N-ethyl adjacent to an activating group) is 1. The van der Waals surface area contributed by atoms with E-state index in [0.717, 1.165) is 22.2 Å². The number of nitrogens with zero attached hydrogens (tertiary/aromatic N) is 1. The molecule has 142 valence electrons. The summed E-state index contributed by atoms with van der Waals surface area (Å²) in [5.74, 6) is 0.538. The Hall–Kier alpha value is -2.21. The fraction of sp³-hybridized carbons (Fsp3) is 0.250. The van der Waals surface area contributed by atoms with Gasteiger partial charge in [0.25, 0.3) is 5.91 Å². The monoisotopic (exact) mass is 405 g/mol. The van der Waals surface area contributed by atoms with Gasteiger partial charge in [-0.3, -0.25) is 4.79 Å². The lowest BCUT2D eigenvalue weighted by Gasteiger charge is -2.25. The van der Waals surface area contributed by atoms with E-state index in [9.17, 15) is 4.79 Å². The normalized spacial score (nSPS) is 12.4. The largest absolute Gasteiger partial charge is 0.497 e. The quantitative estimate of drug-likeness (QED) is 0.633. The van der Waals surface area contributed by atoms with E-state index in [4.69, 9.17) is 27.9 Å². The first-order chi connectivity index (χ1) is 12.9. The molecule has 7 heteroatoms. The number of benzene rings is 2. The highest BCUT2D eigenvalue weighted by atomic mass is 35.5. The summed E-state index contributed by atoms with van der Waals surface area (Å²) in [7, 11) is 5.58. The van der Waals surface area contributed by atoms with Gasteiger partial charge < -0.3 is 19.9 Å². The van der Waals surface area contributed by atoms with Crippen molar-refractivity contribution in [2.24, 2.45) is 0 Å². The van der Waals surface area contributed by atoms with E-state index < -0.39 is 0 Å². The maximum absolute atomic E-state index is 12.7. The van der Waals surface area contributed by atoms with Gasteiger partial charge in [0, 0.05) is 22.5 Å². The fourth-order valence-electron chi connectivity index (χ4n) is 2.99. The topological polar surface area (TPSA) is 57.4 Å². The van der Waals surface area contributed by atoms with E-state index in [2.05, 4.69) is 15.2 Å². The maximum Gasteiger partial charge on any atom is 0.269 e. The molecule has 0 saturated heterocycles. The highest BCUT2D eigenvalue weighted by Gasteiger charge is 2.20. The number of rotatable bonds is 6. The van der Waals surface area contributed by atoms with Crippen LogP contribution in [0.1, 0.15) is 22.1 Å². The van der Waals surface area contributed by atoms with Gasteiger partial charge in [0.05, 0.1) is 18.2 Å². The van der Waals surface area contributed by atoms with Gasteiger partial charge in [-0.25, -0.2) is 0 Å². The van der Waals surface area contributed by atoms with E-state index in [1.165, 1.54) is 0 Å². The average Bonchev–Trinajstić information content (AvgIpc) is 2.98. The first-order valence-corrected chi connectivity index (χ1v) is 9.21. The molecule has 2 aromatic carbocycles. The molecule has 1 aromatic heterocycles. The summed E-state index contributed by atoms with van der Waals surface area (Å²) >= 11 is 12.4. The summed E-state index contributed by atoms with van der Waals surface area (Å²) in [4.78, 5) is 17.8. The second-order valence-corrected chi connectivity index (χ2v) is 7.28. The smallest absolute Gasteiger partial charge is 0.269 e. The zero-order chi connectivity index (χ0) is 19.6. The molecule has 1 heterocycles. The van der Waals surface area contributed by atoms with Crippen molar-refractivity contribution in [2.45, 2.75) is 6.04 Å². The first kappa shape index (κ1) is 19.5. The number of fused-ring (bicyclic) bond motifs is 1. The third-order valence-electron chi connectivity index (χ3n) is 4.50. The summed E-state index contributed by atoms with van der Waals surface area (Å²) in [5.41, 5.74) is 2.19. The van der Waals surface area contributed by atoms with Crippen molar-refractivity contribution in [3.8, 4) is 5.75 Å². The van der Waals surface area contributed by atoms with Crippen LogP contribution in [-0.2, 0) is 0 Å². The van der Waals surface area contributed by atoms with Crippen LogP contribution in [0.25, 0.3) is 10.9 Å². The Bertz CT molecular complexity index is 952. The summed E-state index contributed by atoms with van der Waals surface area (Å²) in [5, 5.41) is 4.64. The first-order valence-electron chi connectivity index (χ1n) is 8.46. The second-order valence-electron chi connectivity index (χ2n) is 6.47. The van der Waals surface area contributed by atoms with Gasteiger partial charge in [-0.15, -0.1) is 0 Å². The van der Waals surface area contributed by atoms with Crippen molar-refractivity contribution in [3.05, 3.63) is 63.8 Å². The van der Waals surface area contributed by atoms with E-state index in [0.29, 0.717) is 22.3 Å². The van der Waals surface area contributed by atoms with Crippen molar-refractivity contribution >= 4 is 40.0 Å². The van der Waals surface area contributed by atoms with Crippen LogP contribution in [0.5, 0.6) is 5.75 Å². The number of hydrogen-bond acceptors (Lipinski definition) is 3. The molecular formula is C20H21Cl2N3O2. The van der Waals surface area contributed by atoms with Crippen molar-refractivity contribution in [2.75, 3.05) is 27.7 Å². The van der Waals surface area contributed by atoms with E-state index in [1.54, 1.807) is 25.3 Å². The molecule has 0 aliphatic carbocycles. The molecule has 0 radical (unpaired) electrons. The van der Waals surface area contributed by atoms with Crippen LogP contribution >= 0.6 is 23.2 Å². The summed E-state index contributed by atoms with van der Waals surface area (Å²) in [6.07, 6.45) is 0. The van der Waals surface area contributed by atoms with Crippen molar-refractivity contribution in [1.82, 2.24) is 15.2 Å². The number of carbonyl (C=O) groups excluding carboxylic acids is 1. The molecule has 3 rings (SSSR count). The number of carbonyl (C=O) groups is 1. The van der Waals surface area contributed by atoms with E-state index >= 15 is 0 Å². The van der Waals surface area contributed by atoms with Crippen LogP contribution in [0.2, 0.25) is 10.0 Å². The molecule has 1 unspecified atom stereocenters. The van der Waals surface area contributed by atoms with Gasteiger partial charge >= 0.3 is 0 Å². The number of hydrogen-bond donors (Lipinski definition) is 2. The van der Waals surface area contributed by atoms with Crippen molar-refractivity contribution in [1.29, 1.82) is 0 Å². The Kier molecular flexibility index (Phi) is 5.95. The Morgan fingerprint density at radius 3 is 2.52 bits per heavy atom. The SMILES string of the molecule is COc1ccc(C(CNC(=O)c2[nH]c3ccc(Cl)cc3c2Cl)N(C)C)cc1. The average molecular weight is 406 g/mol. The number of amides is 1. The number of H-pyrrole nitrogens is 1. The fourth-order valence-corrected chi connectivity index (χ4v) is 3.45. The van der Waals surface area contributed by atoms with E-state index in [-0.39, 0.29) is 11.9 Å². The molecule has 0 spiro atoms. The van der Waals surface area contributed by atoms with Gasteiger partial charge in [0.15, 0.2) is 0 Å². The second kappa shape index (κ2) is 8.21. The van der Waals surface area contributed by atoms with Crippen LogP contribution in [0.3, 0.4) is 0 Å². The lowest BCUT2D eigenvalue weighted by molar-refractivity contribution is 0.0938. The zero-order valence-electron chi connectivity index (χ0n) is 15.3. The molecule has 0 aliphatic heterocycles. The van der Waals surface area contributed by atoms with Gasteiger partial charge in [-0.1, -0.05) is 35.3 Å². The predicted octanol–water partition coefficient (Wildman–Crippen LogP) is 4.52. The molecule has 5 nitrogen and oxygen atoms in total. The Balaban J connectivity index is 1.77. The molecule has 27 heavy (non-hydrogen) atoms. The van der Waals surface area contributed by atoms with Gasteiger partial charge in [0.1, 0.15) is 11.4 Å². The molecule has 0 bridgehead atoms. The zero-order valence-corrected chi connectivity index (χ0v) is 16.9.